The summed E-state index contributed by atoms with van der Waals surface area (Å²) in [4.78, 5) is 0. The molecule has 1 heterocycles. The third-order valence-electron chi connectivity index (χ3n) is 4.97. The molecule has 0 saturated heterocycles. The minimum absolute atomic E-state index is 0.519. The summed E-state index contributed by atoms with van der Waals surface area (Å²) in [5.41, 5.74) is 2.15. The fraction of sp³-hybridized carbons (Fsp3) is 0.812. The first-order chi connectivity index (χ1) is 9.60. The van der Waals surface area contributed by atoms with E-state index in [-0.39, 0.29) is 0 Å². The summed E-state index contributed by atoms with van der Waals surface area (Å²) in [6, 6.07) is 0.519. The first kappa shape index (κ1) is 15.8. The molecule has 20 heavy (non-hydrogen) atoms. The highest BCUT2D eigenvalue weighted by Crippen LogP contribution is 2.36. The lowest BCUT2D eigenvalue weighted by molar-refractivity contribution is 0.355. The molecule has 4 heteroatoms. The van der Waals surface area contributed by atoms with Crippen LogP contribution in [0.2, 0.25) is 5.02 Å². The Bertz CT molecular complexity index is 441. The van der Waals surface area contributed by atoms with E-state index in [2.05, 4.69) is 36.0 Å². The maximum atomic E-state index is 6.45. The zero-order chi connectivity index (χ0) is 14.7. The van der Waals surface area contributed by atoms with Gasteiger partial charge < -0.3 is 5.32 Å². The number of hydrogen-bond donors (Lipinski definition) is 1. The van der Waals surface area contributed by atoms with E-state index in [4.69, 9.17) is 11.6 Å². The molecule has 1 N–H and O–H groups in total. The summed E-state index contributed by atoms with van der Waals surface area (Å²) in [6.07, 6.45) is 6.41. The van der Waals surface area contributed by atoms with E-state index in [1.54, 1.807) is 0 Å². The molecule has 1 saturated carbocycles. The average Bonchev–Trinajstić information content (AvgIpc) is 3.03. The largest absolute Gasteiger partial charge is 0.316 e. The van der Waals surface area contributed by atoms with Gasteiger partial charge >= 0.3 is 0 Å². The summed E-state index contributed by atoms with van der Waals surface area (Å²) < 4.78 is 2.06. The maximum absolute atomic E-state index is 6.45. The Morgan fingerprint density at radius 3 is 2.70 bits per heavy atom. The van der Waals surface area contributed by atoms with Gasteiger partial charge in [-0.3, -0.25) is 4.68 Å². The molecule has 114 valence electrons. The van der Waals surface area contributed by atoms with Crippen LogP contribution < -0.4 is 5.32 Å². The van der Waals surface area contributed by atoms with Crippen molar-refractivity contribution >= 4 is 11.6 Å². The minimum atomic E-state index is 0.519. The molecule has 0 bridgehead atoms. The van der Waals surface area contributed by atoms with Gasteiger partial charge in [0.05, 0.1) is 16.4 Å². The highest BCUT2D eigenvalue weighted by Gasteiger charge is 2.30. The van der Waals surface area contributed by atoms with Gasteiger partial charge in [-0.25, -0.2) is 0 Å². The Balaban J connectivity index is 2.11. The number of likely N-dealkylation sites (N-methyl/N-ethyl adjacent to an activating group) is 1. The number of halogens is 1. The van der Waals surface area contributed by atoms with Crippen LogP contribution in [0, 0.1) is 18.8 Å². The highest BCUT2D eigenvalue weighted by atomic mass is 35.5. The van der Waals surface area contributed by atoms with Gasteiger partial charge in [0.25, 0.3) is 0 Å². The quantitative estimate of drug-likeness (QED) is 0.865. The fourth-order valence-electron chi connectivity index (χ4n) is 3.63. The normalized spacial score (nSPS) is 24.2. The van der Waals surface area contributed by atoms with Gasteiger partial charge in [-0.15, -0.1) is 0 Å². The first-order valence-electron chi connectivity index (χ1n) is 7.99. The summed E-state index contributed by atoms with van der Waals surface area (Å²) in [7, 11) is 2.08. The van der Waals surface area contributed by atoms with E-state index in [0.29, 0.717) is 6.04 Å². The second kappa shape index (κ2) is 6.95. The molecule has 2 rings (SSSR count). The fourth-order valence-corrected chi connectivity index (χ4v) is 3.84. The van der Waals surface area contributed by atoms with Crippen molar-refractivity contribution in [1.82, 2.24) is 15.1 Å². The van der Waals surface area contributed by atoms with Crippen LogP contribution in [0.25, 0.3) is 0 Å². The Labute approximate surface area is 128 Å². The second-order valence-corrected chi connectivity index (χ2v) is 6.49. The van der Waals surface area contributed by atoms with Crippen LogP contribution in [0.5, 0.6) is 0 Å². The summed E-state index contributed by atoms with van der Waals surface area (Å²) in [5, 5.41) is 8.91. The first-order valence-corrected chi connectivity index (χ1v) is 8.37. The molecule has 1 aromatic heterocycles. The molecule has 1 aliphatic carbocycles. The smallest absolute Gasteiger partial charge is 0.0847 e. The third-order valence-corrected chi connectivity index (χ3v) is 5.46. The zero-order valence-corrected chi connectivity index (χ0v) is 14.0. The van der Waals surface area contributed by atoms with Crippen LogP contribution in [0.3, 0.4) is 0 Å². The molecule has 1 aromatic rings. The molecule has 0 aliphatic heterocycles. The van der Waals surface area contributed by atoms with Gasteiger partial charge in [0.15, 0.2) is 0 Å². The monoisotopic (exact) mass is 297 g/mol. The molecule has 0 radical (unpaired) electrons. The van der Waals surface area contributed by atoms with Crippen molar-refractivity contribution in [1.29, 1.82) is 0 Å². The summed E-state index contributed by atoms with van der Waals surface area (Å²) >= 11 is 6.45. The molecular formula is C16H28ClN3. The predicted molar refractivity (Wildman–Crippen MR) is 85.3 cm³/mol. The van der Waals surface area contributed by atoms with E-state index in [0.717, 1.165) is 35.5 Å². The van der Waals surface area contributed by atoms with Gasteiger partial charge in [-0.1, -0.05) is 31.4 Å². The van der Waals surface area contributed by atoms with Crippen LogP contribution in [0.4, 0.5) is 0 Å². The van der Waals surface area contributed by atoms with Crippen LogP contribution in [0.15, 0.2) is 0 Å². The second-order valence-electron chi connectivity index (χ2n) is 6.11. The van der Waals surface area contributed by atoms with E-state index < -0.39 is 0 Å². The lowest BCUT2D eigenvalue weighted by Gasteiger charge is -2.24. The zero-order valence-electron chi connectivity index (χ0n) is 13.2. The number of aryl methyl sites for hydroxylation is 2. The SMILES string of the molecule is CCC1CCC(C(Cc2c(Cl)c(C)nn2CC)NC)C1. The molecule has 0 spiro atoms. The highest BCUT2D eigenvalue weighted by molar-refractivity contribution is 6.31. The van der Waals surface area contributed by atoms with Gasteiger partial charge in [0.2, 0.25) is 0 Å². The van der Waals surface area contributed by atoms with Gasteiger partial charge in [-0.05, 0) is 45.6 Å². The molecule has 3 unspecified atom stereocenters. The number of aromatic nitrogens is 2. The van der Waals surface area contributed by atoms with Crippen molar-refractivity contribution < 1.29 is 0 Å². The van der Waals surface area contributed by atoms with Crippen LogP contribution in [0.1, 0.15) is 50.9 Å². The topological polar surface area (TPSA) is 29.9 Å². The lowest BCUT2D eigenvalue weighted by Crippen LogP contribution is -2.35. The molecule has 3 atom stereocenters. The van der Waals surface area contributed by atoms with Crippen LogP contribution in [-0.2, 0) is 13.0 Å². The standard InChI is InChI=1S/C16H28ClN3/c1-5-12-7-8-13(9-12)14(18-4)10-15-16(17)11(3)19-20(15)6-2/h12-14,18H,5-10H2,1-4H3. The van der Waals surface area contributed by atoms with E-state index >= 15 is 0 Å². The van der Waals surface area contributed by atoms with Crippen molar-refractivity contribution in [3.63, 3.8) is 0 Å². The van der Waals surface area contributed by atoms with Gasteiger partial charge in [0, 0.05) is 19.0 Å². The average molecular weight is 298 g/mol. The third kappa shape index (κ3) is 3.20. The molecule has 0 aromatic carbocycles. The number of rotatable bonds is 6. The summed E-state index contributed by atoms with van der Waals surface area (Å²) in [6.45, 7) is 7.33. The maximum Gasteiger partial charge on any atom is 0.0847 e. The Morgan fingerprint density at radius 2 is 2.15 bits per heavy atom. The predicted octanol–water partition coefficient (Wildman–Crippen LogP) is 3.82. The summed E-state index contributed by atoms with van der Waals surface area (Å²) in [5.74, 6) is 1.70. The van der Waals surface area contributed by atoms with Crippen molar-refractivity contribution in [2.45, 2.75) is 65.5 Å². The van der Waals surface area contributed by atoms with Crippen molar-refractivity contribution in [3.05, 3.63) is 16.4 Å². The Kier molecular flexibility index (Phi) is 5.50. The molecule has 1 fully saturated rings. The van der Waals surface area contributed by atoms with E-state index in [9.17, 15) is 0 Å². The van der Waals surface area contributed by atoms with Crippen LogP contribution in [-0.4, -0.2) is 22.9 Å². The van der Waals surface area contributed by atoms with E-state index in [1.165, 1.54) is 31.4 Å². The number of hydrogen-bond acceptors (Lipinski definition) is 2. The van der Waals surface area contributed by atoms with Crippen LogP contribution >= 0.6 is 11.6 Å². The Morgan fingerprint density at radius 1 is 1.40 bits per heavy atom. The molecule has 3 nitrogen and oxygen atoms in total. The minimum Gasteiger partial charge on any atom is -0.316 e. The Hall–Kier alpha value is -0.540. The molecule has 1 aliphatic rings. The van der Waals surface area contributed by atoms with Gasteiger partial charge in [-0.2, -0.15) is 5.10 Å². The van der Waals surface area contributed by atoms with Crippen molar-refractivity contribution in [2.24, 2.45) is 11.8 Å². The number of nitrogens with one attached hydrogen (secondary N) is 1. The number of nitrogens with zero attached hydrogens (tertiary/aromatic N) is 2. The van der Waals surface area contributed by atoms with E-state index in [1.807, 2.05) is 6.92 Å². The van der Waals surface area contributed by atoms with Gasteiger partial charge in [0.1, 0.15) is 0 Å². The van der Waals surface area contributed by atoms with Crippen molar-refractivity contribution in [2.75, 3.05) is 7.05 Å². The lowest BCUT2D eigenvalue weighted by atomic mass is 9.92. The molecule has 0 amide bonds. The molecular weight excluding hydrogens is 270 g/mol. The van der Waals surface area contributed by atoms with Crippen molar-refractivity contribution in [3.8, 4) is 0 Å².